The van der Waals surface area contributed by atoms with E-state index in [1.807, 2.05) is 0 Å². The molecule has 0 atom stereocenters. The molecule has 0 bridgehead atoms. The minimum atomic E-state index is -0.526. The van der Waals surface area contributed by atoms with Gasteiger partial charge in [-0.1, -0.05) is 6.92 Å². The Bertz CT molecular complexity index is 713. The largest absolute Gasteiger partial charge is 0.507 e. The molecule has 114 valence electrons. The normalized spacial score (nSPS) is 11.3. The Kier molecular flexibility index (Phi) is 4.83. The van der Waals surface area contributed by atoms with Gasteiger partial charge in [-0.3, -0.25) is 4.79 Å². The molecule has 0 saturated carbocycles. The summed E-state index contributed by atoms with van der Waals surface area (Å²) in [4.78, 5) is 11.9. The van der Waals surface area contributed by atoms with E-state index in [0.717, 1.165) is 24.3 Å². The Labute approximate surface area is 126 Å². The molecule has 0 unspecified atom stereocenters. The van der Waals surface area contributed by atoms with Crippen molar-refractivity contribution in [1.82, 2.24) is 5.43 Å². The van der Waals surface area contributed by atoms with Crippen LogP contribution >= 0.6 is 0 Å². The summed E-state index contributed by atoms with van der Waals surface area (Å²) < 4.78 is 26.1. The van der Waals surface area contributed by atoms with Crippen molar-refractivity contribution in [3.05, 3.63) is 65.2 Å². The Morgan fingerprint density at radius 1 is 1.14 bits per heavy atom. The summed E-state index contributed by atoms with van der Waals surface area (Å²) in [6.07, 6.45) is 0.376. The average Bonchev–Trinajstić information content (AvgIpc) is 2.51. The number of rotatable bonds is 4. The zero-order chi connectivity index (χ0) is 16.1. The Hall–Kier alpha value is -2.76. The standard InChI is InChI=1S/C16H14F2N2O2/c1-2-14(13-9-12(18)7-8-15(13)21)19-20-16(22)10-3-5-11(17)6-4-10/h3-9,21H,2H2,1H3,(H,20,22). The van der Waals surface area contributed by atoms with Crippen LogP contribution in [0.25, 0.3) is 0 Å². The van der Waals surface area contributed by atoms with Crippen molar-refractivity contribution in [3.63, 3.8) is 0 Å². The number of carbonyl (C=O) groups excluding carboxylic acids is 1. The molecule has 0 aliphatic carbocycles. The predicted octanol–water partition coefficient (Wildman–Crippen LogP) is 3.21. The van der Waals surface area contributed by atoms with Crippen LogP contribution in [0.5, 0.6) is 5.75 Å². The first-order valence-corrected chi connectivity index (χ1v) is 6.62. The van der Waals surface area contributed by atoms with E-state index in [1.54, 1.807) is 6.92 Å². The molecular weight excluding hydrogens is 290 g/mol. The van der Waals surface area contributed by atoms with E-state index in [9.17, 15) is 18.7 Å². The van der Waals surface area contributed by atoms with Crippen molar-refractivity contribution in [2.45, 2.75) is 13.3 Å². The van der Waals surface area contributed by atoms with Gasteiger partial charge in [0.2, 0.25) is 0 Å². The molecule has 2 N–H and O–H groups in total. The monoisotopic (exact) mass is 304 g/mol. The molecule has 0 aliphatic rings. The summed E-state index contributed by atoms with van der Waals surface area (Å²) in [5.74, 6) is -1.61. The Balaban J connectivity index is 2.20. The van der Waals surface area contributed by atoms with E-state index in [1.165, 1.54) is 18.2 Å². The van der Waals surface area contributed by atoms with Gasteiger partial charge in [0.15, 0.2) is 0 Å². The third kappa shape index (κ3) is 3.66. The Morgan fingerprint density at radius 3 is 2.41 bits per heavy atom. The van der Waals surface area contributed by atoms with Gasteiger partial charge >= 0.3 is 0 Å². The molecule has 2 aromatic carbocycles. The molecule has 0 fully saturated rings. The molecular formula is C16H14F2N2O2. The number of nitrogens with zero attached hydrogens (tertiary/aromatic N) is 1. The number of benzene rings is 2. The summed E-state index contributed by atoms with van der Waals surface area (Å²) in [5, 5.41) is 13.7. The SMILES string of the molecule is CCC(=NNC(=O)c1ccc(F)cc1)c1cc(F)ccc1O. The third-order valence-electron chi connectivity index (χ3n) is 3.00. The first kappa shape index (κ1) is 15.6. The molecule has 0 saturated heterocycles. The lowest BCUT2D eigenvalue weighted by molar-refractivity contribution is 0.0954. The number of nitrogens with one attached hydrogen (secondary N) is 1. The summed E-state index contributed by atoms with van der Waals surface area (Å²) in [6, 6.07) is 8.47. The fraction of sp³-hybridized carbons (Fsp3) is 0.125. The number of hydrazone groups is 1. The molecule has 22 heavy (non-hydrogen) atoms. The second-order valence-electron chi connectivity index (χ2n) is 4.52. The number of phenolic OH excluding ortho intramolecular Hbond substituents is 1. The van der Waals surface area contributed by atoms with E-state index in [0.29, 0.717) is 12.1 Å². The van der Waals surface area contributed by atoms with Crippen LogP contribution in [0.15, 0.2) is 47.6 Å². The van der Waals surface area contributed by atoms with Crippen LogP contribution in [0.2, 0.25) is 0 Å². The van der Waals surface area contributed by atoms with Gasteiger partial charge in [-0.25, -0.2) is 14.2 Å². The minimum absolute atomic E-state index is 0.127. The fourth-order valence-electron chi connectivity index (χ4n) is 1.85. The maximum absolute atomic E-state index is 13.3. The van der Waals surface area contributed by atoms with Crippen molar-refractivity contribution in [2.75, 3.05) is 0 Å². The molecule has 6 heteroatoms. The molecule has 0 radical (unpaired) electrons. The van der Waals surface area contributed by atoms with Crippen LogP contribution in [0.4, 0.5) is 8.78 Å². The first-order chi connectivity index (χ1) is 10.5. The van der Waals surface area contributed by atoms with Gasteiger partial charge in [-0.2, -0.15) is 5.10 Å². The quantitative estimate of drug-likeness (QED) is 0.673. The van der Waals surface area contributed by atoms with E-state index in [4.69, 9.17) is 0 Å². The fourth-order valence-corrected chi connectivity index (χ4v) is 1.85. The van der Waals surface area contributed by atoms with Gasteiger partial charge in [0.05, 0.1) is 5.71 Å². The predicted molar refractivity (Wildman–Crippen MR) is 78.8 cm³/mol. The van der Waals surface area contributed by atoms with Gasteiger partial charge in [0.1, 0.15) is 17.4 Å². The van der Waals surface area contributed by atoms with Crippen molar-refractivity contribution in [2.24, 2.45) is 5.10 Å². The number of halogens is 2. The highest BCUT2D eigenvalue weighted by atomic mass is 19.1. The van der Waals surface area contributed by atoms with Crippen LogP contribution in [0.3, 0.4) is 0 Å². The van der Waals surface area contributed by atoms with E-state index in [2.05, 4.69) is 10.5 Å². The first-order valence-electron chi connectivity index (χ1n) is 6.62. The maximum atomic E-state index is 13.3. The van der Waals surface area contributed by atoms with Gasteiger partial charge in [-0.05, 0) is 48.9 Å². The van der Waals surface area contributed by atoms with Crippen molar-refractivity contribution < 1.29 is 18.7 Å². The van der Waals surface area contributed by atoms with Gasteiger partial charge < -0.3 is 5.11 Å². The van der Waals surface area contributed by atoms with Crippen molar-refractivity contribution in [1.29, 1.82) is 0 Å². The maximum Gasteiger partial charge on any atom is 0.271 e. The number of carbonyl (C=O) groups is 1. The molecule has 0 aromatic heterocycles. The number of aromatic hydroxyl groups is 1. The van der Waals surface area contributed by atoms with E-state index in [-0.39, 0.29) is 16.9 Å². The second kappa shape index (κ2) is 6.80. The van der Waals surface area contributed by atoms with Crippen LogP contribution < -0.4 is 5.43 Å². The number of amides is 1. The van der Waals surface area contributed by atoms with Gasteiger partial charge in [0, 0.05) is 11.1 Å². The lowest BCUT2D eigenvalue weighted by Crippen LogP contribution is -2.20. The summed E-state index contributed by atoms with van der Waals surface area (Å²) in [7, 11) is 0. The molecule has 1 amide bonds. The minimum Gasteiger partial charge on any atom is -0.507 e. The lowest BCUT2D eigenvalue weighted by Gasteiger charge is -2.07. The van der Waals surface area contributed by atoms with E-state index >= 15 is 0 Å². The highest BCUT2D eigenvalue weighted by Gasteiger charge is 2.10. The Morgan fingerprint density at radius 2 is 1.77 bits per heavy atom. The number of hydrogen-bond acceptors (Lipinski definition) is 3. The summed E-state index contributed by atoms with van der Waals surface area (Å²) in [5.41, 5.74) is 3.08. The average molecular weight is 304 g/mol. The van der Waals surface area contributed by atoms with Crippen molar-refractivity contribution in [3.8, 4) is 5.75 Å². The molecule has 2 aromatic rings. The third-order valence-corrected chi connectivity index (χ3v) is 3.00. The second-order valence-corrected chi connectivity index (χ2v) is 4.52. The number of hydrogen-bond donors (Lipinski definition) is 2. The summed E-state index contributed by atoms with van der Waals surface area (Å²) in [6.45, 7) is 1.76. The molecule has 0 aliphatic heterocycles. The topological polar surface area (TPSA) is 61.7 Å². The van der Waals surface area contributed by atoms with Crippen LogP contribution in [-0.2, 0) is 0 Å². The summed E-state index contributed by atoms with van der Waals surface area (Å²) >= 11 is 0. The zero-order valence-electron chi connectivity index (χ0n) is 11.8. The highest BCUT2D eigenvalue weighted by Crippen LogP contribution is 2.20. The smallest absolute Gasteiger partial charge is 0.271 e. The van der Waals surface area contributed by atoms with Gasteiger partial charge in [0.25, 0.3) is 5.91 Å². The molecule has 0 heterocycles. The highest BCUT2D eigenvalue weighted by molar-refractivity contribution is 6.03. The lowest BCUT2D eigenvalue weighted by atomic mass is 10.1. The zero-order valence-corrected chi connectivity index (χ0v) is 11.8. The molecule has 4 nitrogen and oxygen atoms in total. The molecule has 2 rings (SSSR count). The molecule has 0 spiro atoms. The van der Waals surface area contributed by atoms with Gasteiger partial charge in [-0.15, -0.1) is 0 Å². The van der Waals surface area contributed by atoms with Crippen LogP contribution in [0.1, 0.15) is 29.3 Å². The van der Waals surface area contributed by atoms with Crippen molar-refractivity contribution >= 4 is 11.6 Å². The van der Waals surface area contributed by atoms with Crippen LogP contribution in [0, 0.1) is 11.6 Å². The van der Waals surface area contributed by atoms with Crippen LogP contribution in [-0.4, -0.2) is 16.7 Å². The number of phenols is 1. The van der Waals surface area contributed by atoms with E-state index < -0.39 is 17.5 Å².